The van der Waals surface area contributed by atoms with E-state index in [2.05, 4.69) is 20.3 Å². The molecule has 0 aliphatic carbocycles. The van der Waals surface area contributed by atoms with Crippen LogP contribution in [0, 0.1) is 0 Å². The van der Waals surface area contributed by atoms with Gasteiger partial charge in [0, 0.05) is 24.6 Å². The van der Waals surface area contributed by atoms with Crippen molar-refractivity contribution in [1.29, 1.82) is 0 Å². The lowest BCUT2D eigenvalue weighted by Gasteiger charge is -2.15. The van der Waals surface area contributed by atoms with Gasteiger partial charge in [-0.3, -0.25) is 14.6 Å². The number of hydrogen-bond donors (Lipinski definition) is 3. The third-order valence-electron chi connectivity index (χ3n) is 3.93. The van der Waals surface area contributed by atoms with Gasteiger partial charge in [0.05, 0.1) is 17.4 Å². The van der Waals surface area contributed by atoms with Crippen LogP contribution in [0.4, 0.5) is 5.69 Å². The molecule has 2 amide bonds. The Morgan fingerprint density at radius 2 is 2.15 bits per heavy atom. The lowest BCUT2D eigenvalue weighted by molar-refractivity contribution is -0.122. The summed E-state index contributed by atoms with van der Waals surface area (Å²) in [4.78, 5) is 27.5. The molecule has 3 N–H and O–H groups in total. The lowest BCUT2D eigenvalue weighted by atomic mass is 10.2. The van der Waals surface area contributed by atoms with E-state index in [0.29, 0.717) is 11.3 Å². The minimum Gasteiger partial charge on any atom is -0.351 e. The molecule has 0 radical (unpaired) electrons. The first-order valence-electron chi connectivity index (χ1n) is 7.97. The number of nitrogens with one attached hydrogen (secondary N) is 3. The number of benzene rings is 1. The quantitative estimate of drug-likeness (QED) is 0.683. The van der Waals surface area contributed by atoms with Gasteiger partial charge in [0.2, 0.25) is 21.8 Å². The second kappa shape index (κ2) is 7.22. The molecule has 1 aromatic carbocycles. The van der Waals surface area contributed by atoms with E-state index < -0.39 is 22.0 Å². The normalized spacial score (nSPS) is 14.4. The third-order valence-corrected chi connectivity index (χ3v) is 5.47. The highest BCUT2D eigenvalue weighted by Crippen LogP contribution is 2.25. The number of carbonyl (C=O) groups excluding carboxylic acids is 2. The molecule has 8 nitrogen and oxygen atoms in total. The molecule has 0 unspecified atom stereocenters. The molecule has 9 heteroatoms. The number of sulfonamides is 1. The Bertz CT molecular complexity index is 944. The fraction of sp³-hybridized carbons (Fsp3) is 0.235. The van der Waals surface area contributed by atoms with Gasteiger partial charge in [0.15, 0.2) is 0 Å². The van der Waals surface area contributed by atoms with Gasteiger partial charge in [-0.15, -0.1) is 0 Å². The van der Waals surface area contributed by atoms with Crippen LogP contribution in [0.25, 0.3) is 0 Å². The second-order valence-corrected chi connectivity index (χ2v) is 7.68. The minimum absolute atomic E-state index is 0.0136. The molecule has 1 aliphatic heterocycles. The smallest absolute Gasteiger partial charge is 0.241 e. The maximum absolute atomic E-state index is 12.5. The molecule has 0 spiro atoms. The Hall–Kier alpha value is -2.78. The number of anilines is 1. The van der Waals surface area contributed by atoms with Crippen LogP contribution in [0.3, 0.4) is 0 Å². The molecule has 0 saturated heterocycles. The molecular formula is C17H18N4O4S. The van der Waals surface area contributed by atoms with Crippen molar-refractivity contribution in [2.24, 2.45) is 0 Å². The van der Waals surface area contributed by atoms with Gasteiger partial charge >= 0.3 is 0 Å². The predicted molar refractivity (Wildman–Crippen MR) is 94.6 cm³/mol. The first kappa shape index (κ1) is 18.0. The Morgan fingerprint density at radius 3 is 2.88 bits per heavy atom. The summed E-state index contributed by atoms with van der Waals surface area (Å²) in [6.45, 7) is 1.72. The van der Waals surface area contributed by atoms with Gasteiger partial charge in [0.25, 0.3) is 0 Å². The van der Waals surface area contributed by atoms with E-state index in [1.54, 1.807) is 24.5 Å². The monoisotopic (exact) mass is 374 g/mol. The fourth-order valence-electron chi connectivity index (χ4n) is 2.57. The number of rotatable bonds is 6. The number of hydrogen-bond acceptors (Lipinski definition) is 5. The summed E-state index contributed by atoms with van der Waals surface area (Å²) in [6, 6.07) is 6.98. The summed E-state index contributed by atoms with van der Waals surface area (Å²) in [5.74, 6) is -0.624. The molecule has 3 rings (SSSR count). The Labute approximate surface area is 151 Å². The molecule has 1 aliphatic rings. The van der Waals surface area contributed by atoms with E-state index in [1.165, 1.54) is 19.1 Å². The number of pyridine rings is 1. The maximum Gasteiger partial charge on any atom is 0.241 e. The highest BCUT2D eigenvalue weighted by atomic mass is 32.2. The standard InChI is InChI=1S/C17H18N4O4S/c1-11(17(23)19-10-12-3-2-6-18-9-12)21-26(24,25)14-4-5-15-13(7-14)8-16(22)20-15/h2-7,9,11,21H,8,10H2,1H3,(H,19,23)(H,20,22)/t11-/m0/s1. The van der Waals surface area contributed by atoms with Crippen molar-refractivity contribution in [3.05, 3.63) is 53.9 Å². The topological polar surface area (TPSA) is 117 Å². The summed E-state index contributed by atoms with van der Waals surface area (Å²) >= 11 is 0. The van der Waals surface area contributed by atoms with E-state index >= 15 is 0 Å². The Balaban J connectivity index is 1.64. The largest absolute Gasteiger partial charge is 0.351 e. The Morgan fingerprint density at radius 1 is 1.35 bits per heavy atom. The molecule has 26 heavy (non-hydrogen) atoms. The number of aromatic nitrogens is 1. The van der Waals surface area contributed by atoms with Crippen molar-refractivity contribution >= 4 is 27.5 Å². The average molecular weight is 374 g/mol. The zero-order valence-corrected chi connectivity index (χ0v) is 14.8. The second-order valence-electron chi connectivity index (χ2n) is 5.97. The summed E-state index contributed by atoms with van der Waals surface area (Å²) < 4.78 is 27.3. The van der Waals surface area contributed by atoms with E-state index in [4.69, 9.17) is 0 Å². The van der Waals surface area contributed by atoms with Gasteiger partial charge in [-0.25, -0.2) is 8.42 Å². The number of carbonyl (C=O) groups is 2. The summed E-state index contributed by atoms with van der Waals surface area (Å²) in [5, 5.41) is 5.30. The average Bonchev–Trinajstić information content (AvgIpc) is 2.99. The lowest BCUT2D eigenvalue weighted by Crippen LogP contribution is -2.44. The van der Waals surface area contributed by atoms with Crippen LogP contribution >= 0.6 is 0 Å². The molecule has 0 saturated carbocycles. The minimum atomic E-state index is -3.89. The SMILES string of the molecule is C[C@H](NS(=O)(=O)c1ccc2c(c1)CC(=O)N2)C(=O)NCc1cccnc1. The number of amides is 2. The van der Waals surface area contributed by atoms with E-state index in [1.807, 2.05) is 6.07 Å². The molecule has 0 fully saturated rings. The molecule has 2 heterocycles. The van der Waals surface area contributed by atoms with Crippen molar-refractivity contribution in [3.8, 4) is 0 Å². The predicted octanol–water partition coefficient (Wildman–Crippen LogP) is 0.559. The van der Waals surface area contributed by atoms with Crippen molar-refractivity contribution in [3.63, 3.8) is 0 Å². The van der Waals surface area contributed by atoms with Crippen LogP contribution in [0.2, 0.25) is 0 Å². The van der Waals surface area contributed by atoms with Crippen LogP contribution in [-0.2, 0) is 32.6 Å². The highest BCUT2D eigenvalue weighted by Gasteiger charge is 2.25. The van der Waals surface area contributed by atoms with Crippen LogP contribution < -0.4 is 15.4 Å². The van der Waals surface area contributed by atoms with Gasteiger partial charge in [-0.05, 0) is 42.3 Å². The third kappa shape index (κ3) is 4.06. The zero-order chi connectivity index (χ0) is 18.7. The summed E-state index contributed by atoms with van der Waals surface area (Å²) in [5.41, 5.74) is 2.04. The summed E-state index contributed by atoms with van der Waals surface area (Å²) in [6.07, 6.45) is 3.39. The first-order chi connectivity index (χ1) is 12.3. The summed E-state index contributed by atoms with van der Waals surface area (Å²) in [7, 11) is -3.89. The van der Waals surface area contributed by atoms with Gasteiger partial charge in [-0.1, -0.05) is 6.07 Å². The van der Waals surface area contributed by atoms with Crippen LogP contribution in [0.5, 0.6) is 0 Å². The zero-order valence-electron chi connectivity index (χ0n) is 14.0. The van der Waals surface area contributed by atoms with Crippen LogP contribution in [-0.4, -0.2) is 31.3 Å². The molecule has 1 atom stereocenters. The van der Waals surface area contributed by atoms with Gasteiger partial charge < -0.3 is 10.6 Å². The van der Waals surface area contributed by atoms with Crippen molar-refractivity contribution in [1.82, 2.24) is 15.0 Å². The first-order valence-corrected chi connectivity index (χ1v) is 9.45. The van der Waals surface area contributed by atoms with Crippen molar-refractivity contribution in [2.45, 2.75) is 30.8 Å². The van der Waals surface area contributed by atoms with Crippen LogP contribution in [0.1, 0.15) is 18.1 Å². The fourth-order valence-corrected chi connectivity index (χ4v) is 3.83. The maximum atomic E-state index is 12.5. The van der Waals surface area contributed by atoms with Gasteiger partial charge in [0.1, 0.15) is 0 Å². The molecule has 1 aromatic heterocycles. The Kier molecular flexibility index (Phi) is 5.01. The molecule has 2 aromatic rings. The van der Waals surface area contributed by atoms with Crippen molar-refractivity contribution < 1.29 is 18.0 Å². The van der Waals surface area contributed by atoms with Crippen LogP contribution in [0.15, 0.2) is 47.6 Å². The van der Waals surface area contributed by atoms with E-state index in [0.717, 1.165) is 5.56 Å². The van der Waals surface area contributed by atoms with Crippen molar-refractivity contribution in [2.75, 3.05) is 5.32 Å². The van der Waals surface area contributed by atoms with E-state index in [9.17, 15) is 18.0 Å². The van der Waals surface area contributed by atoms with E-state index in [-0.39, 0.29) is 23.8 Å². The molecular weight excluding hydrogens is 356 g/mol. The van der Waals surface area contributed by atoms with Gasteiger partial charge in [-0.2, -0.15) is 4.72 Å². The highest BCUT2D eigenvalue weighted by molar-refractivity contribution is 7.89. The number of fused-ring (bicyclic) bond motifs is 1. The molecule has 136 valence electrons. The number of nitrogens with zero attached hydrogens (tertiary/aromatic N) is 1. The molecule has 0 bridgehead atoms.